The average molecular weight is 504 g/mol. The van der Waals surface area contributed by atoms with E-state index < -0.39 is 58.3 Å². The third-order valence-electron chi connectivity index (χ3n) is 5.61. The molecule has 2 heterocycles. The normalized spacial score (nSPS) is 22.8. The first-order chi connectivity index (χ1) is 15.5. The van der Waals surface area contributed by atoms with Gasteiger partial charge < -0.3 is 5.32 Å². The van der Waals surface area contributed by atoms with Crippen LogP contribution < -0.4 is 10.8 Å². The SMILES string of the molecule is O=C(NC1CONC1=O)c1ccc(C2=NCC(c3cc(Cl)c(F)c(Cl)c3)(C(F)(F)F)C2)cc1. The summed E-state index contributed by atoms with van der Waals surface area (Å²) in [6.45, 7) is -0.639. The van der Waals surface area contributed by atoms with Gasteiger partial charge in [-0.15, -0.1) is 0 Å². The fourth-order valence-corrected chi connectivity index (χ4v) is 4.19. The van der Waals surface area contributed by atoms with Crippen LogP contribution in [0.4, 0.5) is 17.6 Å². The molecule has 4 rings (SSSR count). The van der Waals surface area contributed by atoms with Crippen LogP contribution in [0.2, 0.25) is 10.0 Å². The molecule has 0 bridgehead atoms. The lowest BCUT2D eigenvalue weighted by molar-refractivity contribution is -0.183. The number of carbonyl (C=O) groups excluding carboxylic acids is 2. The number of hydroxylamine groups is 1. The first kappa shape index (κ1) is 23.5. The van der Waals surface area contributed by atoms with Gasteiger partial charge in [-0.25, -0.2) is 9.87 Å². The lowest BCUT2D eigenvalue weighted by atomic mass is 9.76. The molecule has 0 radical (unpaired) electrons. The Morgan fingerprint density at radius 1 is 1.18 bits per heavy atom. The largest absolute Gasteiger partial charge is 0.400 e. The number of hydrogen-bond acceptors (Lipinski definition) is 4. The maximum Gasteiger partial charge on any atom is 0.400 e. The van der Waals surface area contributed by atoms with Gasteiger partial charge in [-0.1, -0.05) is 35.3 Å². The molecule has 0 aliphatic carbocycles. The predicted molar refractivity (Wildman–Crippen MR) is 112 cm³/mol. The minimum absolute atomic E-state index is 0.0175. The Labute approximate surface area is 194 Å². The van der Waals surface area contributed by atoms with Crippen LogP contribution in [0.3, 0.4) is 0 Å². The second-order valence-corrected chi connectivity index (χ2v) is 8.47. The first-order valence-corrected chi connectivity index (χ1v) is 10.4. The summed E-state index contributed by atoms with van der Waals surface area (Å²) in [5.41, 5.74) is 0.175. The number of hydrogen-bond donors (Lipinski definition) is 2. The molecule has 2 N–H and O–H groups in total. The van der Waals surface area contributed by atoms with Gasteiger partial charge in [0.2, 0.25) is 0 Å². The van der Waals surface area contributed by atoms with Crippen molar-refractivity contribution >= 4 is 40.7 Å². The van der Waals surface area contributed by atoms with Gasteiger partial charge >= 0.3 is 6.18 Å². The van der Waals surface area contributed by atoms with Crippen molar-refractivity contribution in [3.8, 4) is 0 Å². The van der Waals surface area contributed by atoms with Gasteiger partial charge in [0.05, 0.1) is 16.6 Å². The number of benzene rings is 2. The molecule has 174 valence electrons. The molecule has 2 aromatic rings. The van der Waals surface area contributed by atoms with Crippen LogP contribution in [-0.4, -0.2) is 42.9 Å². The molecular weight excluding hydrogens is 489 g/mol. The maximum atomic E-state index is 14.2. The third kappa shape index (κ3) is 4.30. The van der Waals surface area contributed by atoms with E-state index in [1.54, 1.807) is 0 Å². The molecule has 12 heteroatoms. The van der Waals surface area contributed by atoms with Crippen molar-refractivity contribution < 1.29 is 32.0 Å². The van der Waals surface area contributed by atoms with Gasteiger partial charge in [0.25, 0.3) is 11.8 Å². The van der Waals surface area contributed by atoms with Gasteiger partial charge in [-0.3, -0.25) is 19.4 Å². The quantitative estimate of drug-likeness (QED) is 0.489. The summed E-state index contributed by atoms with van der Waals surface area (Å²) in [6, 6.07) is 6.78. The summed E-state index contributed by atoms with van der Waals surface area (Å²) >= 11 is 11.5. The Morgan fingerprint density at radius 3 is 2.36 bits per heavy atom. The number of amides is 2. The number of alkyl halides is 3. The van der Waals surface area contributed by atoms with E-state index in [0.717, 1.165) is 12.1 Å². The fraction of sp³-hybridized carbons (Fsp3) is 0.286. The van der Waals surface area contributed by atoms with Gasteiger partial charge in [0, 0.05) is 17.7 Å². The summed E-state index contributed by atoms with van der Waals surface area (Å²) in [5, 5.41) is 1.48. The second-order valence-electron chi connectivity index (χ2n) is 7.65. The highest BCUT2D eigenvalue weighted by atomic mass is 35.5. The van der Waals surface area contributed by atoms with Gasteiger partial charge in [-0.2, -0.15) is 13.2 Å². The number of nitrogens with zero attached hydrogens (tertiary/aromatic N) is 1. The lowest BCUT2D eigenvalue weighted by Crippen LogP contribution is -2.43. The third-order valence-corrected chi connectivity index (χ3v) is 6.16. The maximum absolute atomic E-state index is 14.2. The molecule has 6 nitrogen and oxygen atoms in total. The Morgan fingerprint density at radius 2 is 1.82 bits per heavy atom. The Kier molecular flexibility index (Phi) is 6.10. The highest BCUT2D eigenvalue weighted by Gasteiger charge is 2.58. The zero-order chi connectivity index (χ0) is 24.0. The van der Waals surface area contributed by atoms with Crippen molar-refractivity contribution in [3.63, 3.8) is 0 Å². The highest BCUT2D eigenvalue weighted by molar-refractivity contribution is 6.35. The Bertz CT molecular complexity index is 1130. The lowest BCUT2D eigenvalue weighted by Gasteiger charge is -2.32. The van der Waals surface area contributed by atoms with E-state index in [2.05, 4.69) is 15.8 Å². The molecule has 1 saturated heterocycles. The molecule has 2 unspecified atom stereocenters. The van der Waals surface area contributed by atoms with Crippen LogP contribution in [0.5, 0.6) is 0 Å². The van der Waals surface area contributed by atoms with Crippen LogP contribution in [0, 0.1) is 5.82 Å². The molecule has 1 fully saturated rings. The number of halogens is 6. The Balaban J connectivity index is 1.56. The van der Waals surface area contributed by atoms with Crippen molar-refractivity contribution in [1.82, 2.24) is 10.8 Å². The van der Waals surface area contributed by atoms with Crippen molar-refractivity contribution in [2.24, 2.45) is 4.99 Å². The number of aliphatic imine (C=N–C) groups is 1. The predicted octanol–water partition coefficient (Wildman–Crippen LogP) is 3.99. The van der Waals surface area contributed by atoms with Crippen LogP contribution in [-0.2, 0) is 15.0 Å². The Hall–Kier alpha value is -2.69. The minimum atomic E-state index is -4.72. The monoisotopic (exact) mass is 503 g/mol. The highest BCUT2D eigenvalue weighted by Crippen LogP contribution is 2.49. The molecule has 2 amide bonds. The van der Waals surface area contributed by atoms with Crippen LogP contribution in [0.15, 0.2) is 41.4 Å². The number of rotatable bonds is 4. The van der Waals surface area contributed by atoms with Crippen molar-refractivity contribution in [1.29, 1.82) is 0 Å². The molecule has 2 aliphatic heterocycles. The molecule has 2 aliphatic rings. The standard InChI is InChI=1S/C21H15Cl2F4N3O3/c22-13-5-12(6-14(23)17(13)24)20(21(25,26)27)7-15(28-9-20)10-1-3-11(4-2-10)18(31)29-16-8-33-30-19(16)32/h1-6,16H,7-9H2,(H,29,31)(H,30,32). The first-order valence-electron chi connectivity index (χ1n) is 9.60. The van der Waals surface area contributed by atoms with E-state index in [4.69, 9.17) is 28.0 Å². The van der Waals surface area contributed by atoms with E-state index in [1.807, 2.05) is 0 Å². The number of carbonyl (C=O) groups is 2. The van der Waals surface area contributed by atoms with Crippen LogP contribution >= 0.6 is 23.2 Å². The smallest absolute Gasteiger partial charge is 0.338 e. The van der Waals surface area contributed by atoms with E-state index in [9.17, 15) is 27.2 Å². The summed E-state index contributed by atoms with van der Waals surface area (Å²) in [6.07, 6.45) is -5.23. The van der Waals surface area contributed by atoms with E-state index in [1.165, 1.54) is 24.3 Å². The average Bonchev–Trinajstić information content (AvgIpc) is 3.39. The van der Waals surface area contributed by atoms with Gasteiger partial charge in [0.15, 0.2) is 5.82 Å². The number of nitrogens with one attached hydrogen (secondary N) is 2. The van der Waals surface area contributed by atoms with Crippen LogP contribution in [0.25, 0.3) is 0 Å². The fourth-order valence-electron chi connectivity index (χ4n) is 3.71. The molecule has 33 heavy (non-hydrogen) atoms. The molecule has 0 saturated carbocycles. The van der Waals surface area contributed by atoms with Crippen LogP contribution in [0.1, 0.15) is 27.9 Å². The zero-order valence-corrected chi connectivity index (χ0v) is 18.1. The van der Waals surface area contributed by atoms with E-state index in [-0.39, 0.29) is 23.4 Å². The molecule has 2 aromatic carbocycles. The van der Waals surface area contributed by atoms with Gasteiger partial charge in [-0.05, 0) is 35.4 Å². The molecular formula is C21H15Cl2F4N3O3. The second kappa shape index (κ2) is 8.58. The zero-order valence-electron chi connectivity index (χ0n) is 16.6. The summed E-state index contributed by atoms with van der Waals surface area (Å²) in [5.74, 6) is -2.01. The molecule has 0 aromatic heterocycles. The summed E-state index contributed by atoms with van der Waals surface area (Å²) < 4.78 is 56.4. The minimum Gasteiger partial charge on any atom is -0.338 e. The molecule has 0 spiro atoms. The van der Waals surface area contributed by atoms with Crippen molar-refractivity contribution in [2.45, 2.75) is 24.1 Å². The van der Waals surface area contributed by atoms with E-state index >= 15 is 0 Å². The molecule has 2 atom stereocenters. The summed E-state index contributed by atoms with van der Waals surface area (Å²) in [7, 11) is 0. The van der Waals surface area contributed by atoms with Crippen molar-refractivity contribution in [2.75, 3.05) is 13.2 Å². The topological polar surface area (TPSA) is 79.8 Å². The van der Waals surface area contributed by atoms with Gasteiger partial charge in [0.1, 0.15) is 18.1 Å². The summed E-state index contributed by atoms with van der Waals surface area (Å²) in [4.78, 5) is 32.6. The van der Waals surface area contributed by atoms with E-state index in [0.29, 0.717) is 5.56 Å². The van der Waals surface area contributed by atoms with Crippen molar-refractivity contribution in [3.05, 3.63) is 69.0 Å².